The average molecular weight is 955 g/mol. The van der Waals surface area contributed by atoms with Crippen molar-refractivity contribution in [2.45, 2.75) is 204 Å². The second-order valence-corrected chi connectivity index (χ2v) is 21.1. The predicted molar refractivity (Wildman–Crippen MR) is 238 cm³/mol. The summed E-state index contributed by atoms with van der Waals surface area (Å²) in [5, 5.41) is 23.8. The molecule has 5 fully saturated rings. The molecule has 7 rings (SSSR count). The Morgan fingerprint density at radius 2 is 1.59 bits per heavy atom. The SMILES string of the molecule is CC[C@H](C)[C@H]1O[C@]2(CC[C@@H]1C)C[C@@H]1C[C@@H](C/C=C(\C)[C@H](O[C@H]3C[C@H](OC)[C@@H](O[C@H]4C[C@H](OC)[C@@H](OP(=O)(O)O)[C@H](C)O4)[C@H](C)O3)[C@@H](C)/C=C/C=C3\CO[C@@H]4[C@H](O)C(C)=C[C@@H](C(=O)O1)[C@]34O)O2. The number of esters is 1. The van der Waals surface area contributed by atoms with Crippen LogP contribution in [-0.2, 0) is 61.3 Å². The van der Waals surface area contributed by atoms with Crippen LogP contribution in [0.1, 0.15) is 107 Å². The number of rotatable bonds is 10. The van der Waals surface area contributed by atoms with E-state index in [-0.39, 0.29) is 31.2 Å². The van der Waals surface area contributed by atoms with Crippen LogP contribution < -0.4 is 0 Å². The molecule has 0 radical (unpaired) electrons. The Kier molecular flexibility index (Phi) is 16.7. The summed E-state index contributed by atoms with van der Waals surface area (Å²) >= 11 is 0. The molecule has 0 aromatic rings. The Morgan fingerprint density at radius 3 is 2.26 bits per heavy atom. The van der Waals surface area contributed by atoms with Gasteiger partial charge in [0.15, 0.2) is 18.4 Å². The van der Waals surface area contributed by atoms with E-state index in [0.29, 0.717) is 55.1 Å². The van der Waals surface area contributed by atoms with Crippen molar-refractivity contribution < 1.29 is 81.3 Å². The smallest absolute Gasteiger partial charge is 0.462 e. The molecule has 374 valence electrons. The van der Waals surface area contributed by atoms with Crippen LogP contribution in [0.3, 0.4) is 0 Å². The van der Waals surface area contributed by atoms with Crippen LogP contribution in [-0.4, -0.2) is 144 Å². The zero-order chi connectivity index (χ0) is 47.9. The number of allylic oxidation sites excluding steroid dienone is 2. The molecule has 0 unspecified atom stereocenters. The van der Waals surface area contributed by atoms with Gasteiger partial charge in [-0.05, 0) is 69.1 Å². The highest BCUT2D eigenvalue weighted by Gasteiger charge is 2.60. The lowest BCUT2D eigenvalue weighted by Gasteiger charge is -2.51. The van der Waals surface area contributed by atoms with Crippen LogP contribution in [0.5, 0.6) is 0 Å². The van der Waals surface area contributed by atoms with Crippen molar-refractivity contribution in [1.29, 1.82) is 0 Å². The zero-order valence-corrected chi connectivity index (χ0v) is 41.1. The molecule has 6 heterocycles. The number of phosphoric acid groups is 1. The molecule has 6 aliphatic heterocycles. The summed E-state index contributed by atoms with van der Waals surface area (Å²) in [6.45, 7) is 15.9. The van der Waals surface area contributed by atoms with Crippen molar-refractivity contribution in [3.8, 4) is 0 Å². The van der Waals surface area contributed by atoms with Crippen LogP contribution in [0.2, 0.25) is 0 Å². The summed E-state index contributed by atoms with van der Waals surface area (Å²) in [6, 6.07) is 0. The first-order valence-electron chi connectivity index (χ1n) is 23.9. The first-order chi connectivity index (χ1) is 31.2. The van der Waals surface area contributed by atoms with Gasteiger partial charge in [0.1, 0.15) is 42.0 Å². The van der Waals surface area contributed by atoms with Crippen LogP contribution in [0, 0.1) is 23.7 Å². The fourth-order valence-electron chi connectivity index (χ4n) is 11.3. The Bertz CT molecular complexity index is 1860. The molecule has 4 N–H and O–H groups in total. The first-order valence-corrected chi connectivity index (χ1v) is 25.4. The quantitative estimate of drug-likeness (QED) is 0.117. The molecule has 18 heteroatoms. The number of fused-ring (bicyclic) bond motifs is 2. The number of carbonyl (C=O) groups is 1. The van der Waals surface area contributed by atoms with Crippen molar-refractivity contribution >= 4 is 13.8 Å². The highest BCUT2D eigenvalue weighted by atomic mass is 31.2. The highest BCUT2D eigenvalue weighted by Crippen LogP contribution is 2.48. The maximum atomic E-state index is 14.4. The number of phosphoric ester groups is 1. The zero-order valence-electron chi connectivity index (χ0n) is 40.2. The topological polar surface area (TPSA) is 217 Å². The van der Waals surface area contributed by atoms with Gasteiger partial charge in [-0.1, -0.05) is 64.5 Å². The Balaban J connectivity index is 1.15. The van der Waals surface area contributed by atoms with E-state index in [9.17, 15) is 29.4 Å². The van der Waals surface area contributed by atoms with E-state index in [1.54, 1.807) is 33.1 Å². The van der Waals surface area contributed by atoms with Crippen molar-refractivity contribution in [3.63, 3.8) is 0 Å². The van der Waals surface area contributed by atoms with Crippen LogP contribution in [0.4, 0.5) is 0 Å². The van der Waals surface area contributed by atoms with Crippen LogP contribution in [0.25, 0.3) is 0 Å². The fourth-order valence-corrected chi connectivity index (χ4v) is 11.9. The molecular weight excluding hydrogens is 879 g/mol. The van der Waals surface area contributed by atoms with Gasteiger partial charge in [-0.25, -0.2) is 4.57 Å². The van der Waals surface area contributed by atoms with E-state index in [1.807, 2.05) is 32.9 Å². The molecule has 1 aliphatic carbocycles. The molecule has 0 amide bonds. The molecule has 20 atom stereocenters. The summed E-state index contributed by atoms with van der Waals surface area (Å²) in [7, 11) is -1.77. The van der Waals surface area contributed by atoms with E-state index in [4.69, 9.17) is 51.9 Å². The molecule has 1 spiro atoms. The third-order valence-corrected chi connectivity index (χ3v) is 15.7. The Hall–Kier alpha value is -1.90. The van der Waals surface area contributed by atoms with Crippen molar-refractivity contribution in [2.75, 3.05) is 20.8 Å². The van der Waals surface area contributed by atoms with Gasteiger partial charge >= 0.3 is 13.8 Å². The fraction of sp³-hybridized carbons (Fsp3) is 0.812. The monoisotopic (exact) mass is 954 g/mol. The Labute approximate surface area is 389 Å². The molecule has 17 nitrogen and oxygen atoms in total. The normalized spacial score (nSPS) is 47.4. The van der Waals surface area contributed by atoms with Crippen molar-refractivity contribution in [1.82, 2.24) is 0 Å². The van der Waals surface area contributed by atoms with Crippen molar-refractivity contribution in [3.05, 3.63) is 47.1 Å². The molecule has 0 saturated carbocycles. The van der Waals surface area contributed by atoms with Crippen LogP contribution >= 0.6 is 7.82 Å². The van der Waals surface area contributed by atoms with Gasteiger partial charge in [-0.2, -0.15) is 0 Å². The Morgan fingerprint density at radius 1 is 0.924 bits per heavy atom. The lowest BCUT2D eigenvalue weighted by atomic mass is 9.71. The lowest BCUT2D eigenvalue weighted by Crippen LogP contribution is -2.58. The van der Waals surface area contributed by atoms with E-state index in [1.165, 1.54) is 7.11 Å². The van der Waals surface area contributed by atoms with Gasteiger partial charge in [0.25, 0.3) is 0 Å². The molecule has 0 aromatic heterocycles. The second kappa shape index (κ2) is 21.2. The largest absolute Gasteiger partial charge is 0.470 e. The third kappa shape index (κ3) is 11.2. The van der Waals surface area contributed by atoms with E-state index in [0.717, 1.165) is 18.4 Å². The summed E-state index contributed by atoms with van der Waals surface area (Å²) in [5.41, 5.74) is 0.0693. The maximum Gasteiger partial charge on any atom is 0.470 e. The van der Waals surface area contributed by atoms with Gasteiger partial charge in [0.05, 0.1) is 49.3 Å². The second-order valence-electron chi connectivity index (χ2n) is 19.9. The van der Waals surface area contributed by atoms with Gasteiger partial charge in [0.2, 0.25) is 0 Å². The minimum Gasteiger partial charge on any atom is -0.462 e. The minimum atomic E-state index is -4.81. The minimum absolute atomic E-state index is 0.0142. The summed E-state index contributed by atoms with van der Waals surface area (Å²) < 4.78 is 80.6. The number of hydrogen-bond acceptors (Lipinski definition) is 15. The van der Waals surface area contributed by atoms with Gasteiger partial charge in [-0.3, -0.25) is 9.32 Å². The summed E-state index contributed by atoms with van der Waals surface area (Å²) in [4.78, 5) is 33.4. The van der Waals surface area contributed by atoms with E-state index in [2.05, 4.69) is 26.8 Å². The number of hydrogen-bond donors (Lipinski definition) is 4. The molecule has 66 heavy (non-hydrogen) atoms. The maximum absolute atomic E-state index is 14.4. The van der Waals surface area contributed by atoms with Crippen molar-refractivity contribution in [2.24, 2.45) is 23.7 Å². The standard InChI is InChI=1S/C48H75O17P/c1-11-25(2)42-28(5)17-18-47(64-42)23-34-20-33(63-47)16-15-27(4)41(26(3)13-12-14-32-24-57-45-40(49)29(6)19-35(46(50)60-34)48(32,45)51)61-38-21-36(55-9)43(30(7)58-38)62-39-22-37(56-10)44(31(8)59-39)65-66(52,53)54/h12-15,19,25-26,28,30-31,33-45,49,51H,11,16-18,20-24H2,1-10H3,(H2,52,53,54)/b13-12+,27-15+,32-14+/t25-,26-,28-,30-,31-,33+,34-,35-,36-,37-,38-,39-,40+,41+,42+,43-,44-,45+,47+,48+/m0/s1. The number of carbonyl (C=O) groups excluding carboxylic acids is 1. The number of methoxy groups -OCH3 is 2. The van der Waals surface area contributed by atoms with E-state index < -0.39 is 105 Å². The van der Waals surface area contributed by atoms with Crippen LogP contribution in [0.15, 0.2) is 47.1 Å². The first kappa shape index (κ1) is 51.9. The molecule has 2 bridgehead atoms. The highest BCUT2D eigenvalue weighted by molar-refractivity contribution is 7.46. The van der Waals surface area contributed by atoms with E-state index >= 15 is 0 Å². The predicted octanol–water partition coefficient (Wildman–Crippen LogP) is 5.72. The van der Waals surface area contributed by atoms with Gasteiger partial charge in [0, 0.05) is 52.2 Å². The molecular formula is C48H75O17P. The number of aliphatic hydroxyl groups is 2. The van der Waals surface area contributed by atoms with Gasteiger partial charge in [-0.15, -0.1) is 0 Å². The molecule has 0 aromatic carbocycles. The summed E-state index contributed by atoms with van der Waals surface area (Å²) in [6.07, 6.45) is 4.31. The molecule has 7 aliphatic rings. The van der Waals surface area contributed by atoms with Gasteiger partial charge < -0.3 is 67.4 Å². The average Bonchev–Trinajstić information content (AvgIpc) is 3.60. The molecule has 5 saturated heterocycles. The number of ether oxygens (including phenoxy) is 10. The number of aliphatic hydroxyl groups excluding tert-OH is 1. The summed E-state index contributed by atoms with van der Waals surface area (Å²) in [5.74, 6) is -2.27. The third-order valence-electron chi connectivity index (χ3n) is 15.2. The lowest BCUT2D eigenvalue weighted by molar-refractivity contribution is -0.340.